The van der Waals surface area contributed by atoms with Gasteiger partial charge in [0.15, 0.2) is 0 Å². The van der Waals surface area contributed by atoms with E-state index >= 15 is 0 Å². The number of hydrogen-bond acceptors (Lipinski definition) is 3. The second-order valence-electron chi connectivity index (χ2n) is 5.15. The molecule has 3 N–H and O–H groups in total. The van der Waals surface area contributed by atoms with Gasteiger partial charge in [0.25, 0.3) is 0 Å². The fourth-order valence-electron chi connectivity index (χ4n) is 2.59. The molecule has 1 heterocycles. The summed E-state index contributed by atoms with van der Waals surface area (Å²) in [7, 11) is 0. The molecule has 1 aliphatic carbocycles. The van der Waals surface area contributed by atoms with Gasteiger partial charge < -0.3 is 10.7 Å². The Balaban J connectivity index is 2.21. The van der Waals surface area contributed by atoms with Gasteiger partial charge in [-0.15, -0.1) is 0 Å². The average Bonchev–Trinajstić information content (AvgIpc) is 2.28. The van der Waals surface area contributed by atoms with Crippen LogP contribution in [0, 0.1) is 0 Å². The molecule has 0 amide bonds. The standard InChI is InChI=1S/C13H21N3O/c1-9(14)7-11-8-12(16-13(17)15-11)10-5-3-2-4-6-10/h8-10H,2-7,14H2,1H3,(H,15,16,17). The minimum atomic E-state index is -0.233. The summed E-state index contributed by atoms with van der Waals surface area (Å²) >= 11 is 0. The van der Waals surface area contributed by atoms with Crippen LogP contribution in [0.2, 0.25) is 0 Å². The molecule has 17 heavy (non-hydrogen) atoms. The van der Waals surface area contributed by atoms with E-state index in [1.165, 1.54) is 19.3 Å². The number of nitrogens with one attached hydrogen (secondary N) is 1. The van der Waals surface area contributed by atoms with Crippen molar-refractivity contribution in [3.8, 4) is 0 Å². The first-order chi connectivity index (χ1) is 8.15. The Morgan fingerprint density at radius 2 is 2.18 bits per heavy atom. The zero-order chi connectivity index (χ0) is 12.3. The predicted molar refractivity (Wildman–Crippen MR) is 68.0 cm³/mol. The molecule has 0 bridgehead atoms. The van der Waals surface area contributed by atoms with Crippen molar-refractivity contribution in [1.82, 2.24) is 9.97 Å². The number of hydrogen-bond donors (Lipinski definition) is 2. The first kappa shape index (κ1) is 12.3. The van der Waals surface area contributed by atoms with Crippen molar-refractivity contribution in [2.75, 3.05) is 0 Å². The lowest BCUT2D eigenvalue weighted by Gasteiger charge is -2.21. The molecular formula is C13H21N3O. The second-order valence-corrected chi connectivity index (χ2v) is 5.15. The number of nitrogens with zero attached hydrogens (tertiary/aromatic N) is 1. The minimum absolute atomic E-state index is 0.0623. The Morgan fingerprint density at radius 1 is 1.47 bits per heavy atom. The summed E-state index contributed by atoms with van der Waals surface area (Å²) in [5, 5.41) is 0. The predicted octanol–water partition coefficient (Wildman–Crippen LogP) is 1.71. The van der Waals surface area contributed by atoms with E-state index in [1.54, 1.807) is 0 Å². The fourth-order valence-corrected chi connectivity index (χ4v) is 2.59. The van der Waals surface area contributed by atoms with E-state index in [1.807, 2.05) is 13.0 Å². The lowest BCUT2D eigenvalue weighted by molar-refractivity contribution is 0.435. The van der Waals surface area contributed by atoms with Crippen LogP contribution in [0.1, 0.15) is 56.3 Å². The third kappa shape index (κ3) is 3.40. The van der Waals surface area contributed by atoms with Gasteiger partial charge in [-0.25, -0.2) is 4.79 Å². The molecular weight excluding hydrogens is 214 g/mol. The largest absolute Gasteiger partial charge is 0.345 e. The van der Waals surface area contributed by atoms with Crippen molar-refractivity contribution in [2.45, 2.75) is 57.4 Å². The van der Waals surface area contributed by atoms with E-state index < -0.39 is 0 Å². The Kier molecular flexibility index (Phi) is 3.94. The van der Waals surface area contributed by atoms with Crippen molar-refractivity contribution < 1.29 is 0 Å². The number of nitrogens with two attached hydrogens (primary N) is 1. The molecule has 0 saturated heterocycles. The Labute approximate surface area is 102 Å². The molecule has 1 atom stereocenters. The van der Waals surface area contributed by atoms with Crippen LogP contribution in [-0.4, -0.2) is 16.0 Å². The van der Waals surface area contributed by atoms with Crippen LogP contribution in [0.3, 0.4) is 0 Å². The van der Waals surface area contributed by atoms with Crippen molar-refractivity contribution >= 4 is 0 Å². The third-order valence-electron chi connectivity index (χ3n) is 3.39. The van der Waals surface area contributed by atoms with Gasteiger partial charge in [-0.3, -0.25) is 0 Å². The first-order valence-electron chi connectivity index (χ1n) is 6.51. The van der Waals surface area contributed by atoms with Crippen LogP contribution >= 0.6 is 0 Å². The van der Waals surface area contributed by atoms with Gasteiger partial charge in [-0.1, -0.05) is 19.3 Å². The number of aromatic nitrogens is 2. The number of H-pyrrole nitrogens is 1. The summed E-state index contributed by atoms with van der Waals surface area (Å²) in [5.41, 5.74) is 7.41. The number of aromatic amines is 1. The highest BCUT2D eigenvalue weighted by Gasteiger charge is 2.17. The number of rotatable bonds is 3. The van der Waals surface area contributed by atoms with Gasteiger partial charge in [0.1, 0.15) is 0 Å². The van der Waals surface area contributed by atoms with Gasteiger partial charge in [0.05, 0.1) is 5.69 Å². The molecule has 1 aromatic rings. The second kappa shape index (κ2) is 5.45. The van der Waals surface area contributed by atoms with Gasteiger partial charge in [0, 0.05) is 24.1 Å². The Hall–Kier alpha value is -1.16. The van der Waals surface area contributed by atoms with Gasteiger partial charge in [0.2, 0.25) is 0 Å². The molecule has 1 aliphatic rings. The SMILES string of the molecule is CC(N)Cc1cc(C2CCCCC2)nc(=O)[nH]1. The zero-order valence-electron chi connectivity index (χ0n) is 10.4. The molecule has 0 aliphatic heterocycles. The lowest BCUT2D eigenvalue weighted by atomic mass is 9.86. The summed E-state index contributed by atoms with van der Waals surface area (Å²) in [6, 6.07) is 2.09. The van der Waals surface area contributed by atoms with Crippen molar-refractivity contribution in [2.24, 2.45) is 5.73 Å². The van der Waals surface area contributed by atoms with Gasteiger partial charge >= 0.3 is 5.69 Å². The van der Waals surface area contributed by atoms with Gasteiger partial charge in [-0.05, 0) is 25.8 Å². The van der Waals surface area contributed by atoms with Crippen LogP contribution in [0.25, 0.3) is 0 Å². The van der Waals surface area contributed by atoms with Crippen molar-refractivity contribution in [3.63, 3.8) is 0 Å². The molecule has 0 spiro atoms. The highest BCUT2D eigenvalue weighted by molar-refractivity contribution is 5.14. The molecule has 1 fully saturated rings. The quantitative estimate of drug-likeness (QED) is 0.837. The molecule has 0 radical (unpaired) electrons. The maximum absolute atomic E-state index is 11.5. The summed E-state index contributed by atoms with van der Waals surface area (Å²) in [4.78, 5) is 18.4. The maximum Gasteiger partial charge on any atom is 0.345 e. The molecule has 94 valence electrons. The van der Waals surface area contributed by atoms with Crippen LogP contribution < -0.4 is 11.4 Å². The van der Waals surface area contributed by atoms with E-state index in [9.17, 15) is 4.79 Å². The summed E-state index contributed by atoms with van der Waals surface area (Å²) < 4.78 is 0. The normalized spacial score (nSPS) is 19.2. The monoisotopic (exact) mass is 235 g/mol. The molecule has 2 rings (SSSR count). The van der Waals surface area contributed by atoms with E-state index in [0.717, 1.165) is 24.2 Å². The van der Waals surface area contributed by atoms with E-state index in [4.69, 9.17) is 5.73 Å². The summed E-state index contributed by atoms with van der Waals surface area (Å²) in [5.74, 6) is 0.470. The first-order valence-corrected chi connectivity index (χ1v) is 6.51. The molecule has 4 nitrogen and oxygen atoms in total. The highest BCUT2D eigenvalue weighted by Crippen LogP contribution is 2.31. The summed E-state index contributed by atoms with van der Waals surface area (Å²) in [6.07, 6.45) is 6.84. The average molecular weight is 235 g/mol. The molecule has 4 heteroatoms. The van der Waals surface area contributed by atoms with Gasteiger partial charge in [-0.2, -0.15) is 4.98 Å². The lowest BCUT2D eigenvalue weighted by Crippen LogP contribution is -2.23. The van der Waals surface area contributed by atoms with Crippen LogP contribution in [0.15, 0.2) is 10.9 Å². The minimum Gasteiger partial charge on any atom is -0.328 e. The van der Waals surface area contributed by atoms with Crippen LogP contribution in [-0.2, 0) is 6.42 Å². The van der Waals surface area contributed by atoms with E-state index in [0.29, 0.717) is 12.3 Å². The zero-order valence-corrected chi connectivity index (χ0v) is 10.4. The van der Waals surface area contributed by atoms with Crippen molar-refractivity contribution in [1.29, 1.82) is 0 Å². The fraction of sp³-hybridized carbons (Fsp3) is 0.692. The molecule has 1 aromatic heterocycles. The molecule has 0 aromatic carbocycles. The Morgan fingerprint density at radius 3 is 2.82 bits per heavy atom. The molecule has 1 saturated carbocycles. The maximum atomic E-state index is 11.5. The highest BCUT2D eigenvalue weighted by atomic mass is 16.1. The Bertz CT molecular complexity index is 419. The third-order valence-corrected chi connectivity index (χ3v) is 3.39. The smallest absolute Gasteiger partial charge is 0.328 e. The summed E-state index contributed by atoms with van der Waals surface area (Å²) in [6.45, 7) is 1.94. The topological polar surface area (TPSA) is 71.8 Å². The van der Waals surface area contributed by atoms with Crippen LogP contribution in [0.4, 0.5) is 0 Å². The van der Waals surface area contributed by atoms with Crippen molar-refractivity contribution in [3.05, 3.63) is 27.9 Å². The van der Waals surface area contributed by atoms with E-state index in [-0.39, 0.29) is 11.7 Å². The van der Waals surface area contributed by atoms with Crippen LogP contribution in [0.5, 0.6) is 0 Å². The molecule has 1 unspecified atom stereocenters. The van der Waals surface area contributed by atoms with E-state index in [2.05, 4.69) is 9.97 Å².